The van der Waals surface area contributed by atoms with E-state index in [1.54, 1.807) is 0 Å². The summed E-state index contributed by atoms with van der Waals surface area (Å²) in [5.74, 6) is 5.54. The van der Waals surface area contributed by atoms with Gasteiger partial charge in [-0.2, -0.15) is 0 Å². The molecule has 5 rings (SSSR count). The van der Waals surface area contributed by atoms with Crippen LogP contribution in [0.5, 0.6) is 0 Å². The molecule has 5 fully saturated rings. The van der Waals surface area contributed by atoms with Crippen LogP contribution in [-0.4, -0.2) is 12.0 Å². The fraction of sp³-hybridized carbons (Fsp3) is 0.978. The topological polar surface area (TPSA) is 17.1 Å². The Morgan fingerprint density at radius 3 is 1.04 bits per heavy atom. The van der Waals surface area contributed by atoms with E-state index in [2.05, 4.69) is 13.8 Å². The quantitative estimate of drug-likeness (QED) is 0.118. The highest BCUT2D eigenvalue weighted by molar-refractivity contribution is 5.98. The van der Waals surface area contributed by atoms with Crippen molar-refractivity contribution < 1.29 is 9.18 Å². The minimum Gasteiger partial charge on any atom is -0.298 e. The van der Waals surface area contributed by atoms with Gasteiger partial charge >= 0.3 is 0 Å². The maximum Gasteiger partial charge on any atom is 0.151 e. The zero-order chi connectivity index (χ0) is 33.7. The predicted octanol–water partition coefficient (Wildman–Crippen LogP) is 14.9. The summed E-state index contributed by atoms with van der Waals surface area (Å²) in [6.07, 6.45) is 44.2. The molecule has 0 saturated heterocycles. The molecule has 0 heterocycles. The number of carbonyl (C=O) groups is 1. The van der Waals surface area contributed by atoms with Crippen molar-refractivity contribution in [2.24, 2.45) is 46.3 Å². The van der Waals surface area contributed by atoms with E-state index in [9.17, 15) is 4.79 Å². The Labute approximate surface area is 298 Å². The van der Waals surface area contributed by atoms with Crippen LogP contribution in [0.1, 0.15) is 232 Å². The van der Waals surface area contributed by atoms with Crippen LogP contribution in [0.4, 0.5) is 4.39 Å². The van der Waals surface area contributed by atoms with Crippen molar-refractivity contribution >= 4 is 5.78 Å². The van der Waals surface area contributed by atoms with E-state index in [0.717, 1.165) is 86.9 Å². The second-order valence-electron chi connectivity index (χ2n) is 18.8. The molecule has 5 aliphatic rings. The predicted molar refractivity (Wildman–Crippen MR) is 204 cm³/mol. The van der Waals surface area contributed by atoms with Crippen LogP contribution in [0.15, 0.2) is 0 Å². The van der Waals surface area contributed by atoms with Crippen LogP contribution < -0.4 is 0 Å². The number of alkyl halides is 1. The SMILES string of the molecule is CCCCCCCCCCC1CCC(C2CCC3(CC2)C(=O)C2(CCC(C4CCC(CCCCCCCCCC)CC4)CC2)C3F)CC1. The molecule has 0 amide bonds. The highest BCUT2D eigenvalue weighted by atomic mass is 19.1. The van der Waals surface area contributed by atoms with Gasteiger partial charge in [-0.05, 0) is 113 Å². The lowest BCUT2D eigenvalue weighted by atomic mass is 9.41. The zero-order valence-electron chi connectivity index (χ0n) is 32.4. The molecule has 0 aliphatic heterocycles. The number of carbonyl (C=O) groups excluding carboxylic acids is 1. The standard InChI is InChI=1S/C46H81FO/c1-3-5-7-9-11-13-15-17-19-37-21-25-39(26-22-37)41-29-33-45(34-30-41)43(47)46(44(45)48)35-31-42(32-36-46)40-27-23-38(24-28-40)20-18-16-14-12-10-8-6-4-2/h37-43H,3-36H2,1-2H3. The summed E-state index contributed by atoms with van der Waals surface area (Å²) in [4.78, 5) is 14.0. The van der Waals surface area contributed by atoms with Crippen LogP contribution in [0.3, 0.4) is 0 Å². The Kier molecular flexibility index (Phi) is 16.2. The van der Waals surface area contributed by atoms with Crippen LogP contribution in [-0.2, 0) is 4.79 Å². The second-order valence-corrected chi connectivity index (χ2v) is 18.8. The molecule has 5 saturated carbocycles. The summed E-state index contributed by atoms with van der Waals surface area (Å²) in [6.45, 7) is 4.60. The highest BCUT2D eigenvalue weighted by Gasteiger charge is 2.71. The minimum atomic E-state index is -0.843. The van der Waals surface area contributed by atoms with Gasteiger partial charge in [0.25, 0.3) is 0 Å². The zero-order valence-corrected chi connectivity index (χ0v) is 32.4. The minimum absolute atomic E-state index is 0.391. The first-order valence-corrected chi connectivity index (χ1v) is 22.7. The van der Waals surface area contributed by atoms with E-state index in [-0.39, 0.29) is 0 Å². The van der Waals surface area contributed by atoms with Crippen molar-refractivity contribution in [3.8, 4) is 0 Å². The van der Waals surface area contributed by atoms with Gasteiger partial charge in [0.2, 0.25) is 0 Å². The van der Waals surface area contributed by atoms with Crippen molar-refractivity contribution in [2.75, 3.05) is 0 Å². The van der Waals surface area contributed by atoms with Crippen LogP contribution >= 0.6 is 0 Å². The van der Waals surface area contributed by atoms with Crippen molar-refractivity contribution in [1.29, 1.82) is 0 Å². The van der Waals surface area contributed by atoms with Crippen LogP contribution in [0.25, 0.3) is 0 Å². The molecule has 0 atom stereocenters. The number of hydrogen-bond acceptors (Lipinski definition) is 1. The third-order valence-electron chi connectivity index (χ3n) is 15.8. The molecule has 0 aromatic heterocycles. The molecule has 1 nitrogen and oxygen atoms in total. The monoisotopic (exact) mass is 669 g/mol. The molecule has 2 spiro atoms. The summed E-state index contributed by atoms with van der Waals surface area (Å²) in [6, 6.07) is 0. The molecule has 0 N–H and O–H groups in total. The summed E-state index contributed by atoms with van der Waals surface area (Å²) >= 11 is 0. The second kappa shape index (κ2) is 20.0. The van der Waals surface area contributed by atoms with Gasteiger partial charge in [-0.15, -0.1) is 0 Å². The lowest BCUT2D eigenvalue weighted by Gasteiger charge is -2.62. The van der Waals surface area contributed by atoms with Gasteiger partial charge in [-0.25, -0.2) is 4.39 Å². The van der Waals surface area contributed by atoms with Gasteiger partial charge in [0.1, 0.15) is 6.17 Å². The number of ketones is 1. The molecular formula is C46H81FO. The fourth-order valence-corrected chi connectivity index (χ4v) is 12.4. The Bertz CT molecular complexity index is 808. The van der Waals surface area contributed by atoms with Crippen molar-refractivity contribution in [2.45, 2.75) is 238 Å². The molecule has 0 bridgehead atoms. The number of rotatable bonds is 20. The van der Waals surface area contributed by atoms with Crippen LogP contribution in [0, 0.1) is 46.3 Å². The number of halogens is 1. The van der Waals surface area contributed by atoms with Crippen molar-refractivity contribution in [1.82, 2.24) is 0 Å². The van der Waals surface area contributed by atoms with Crippen LogP contribution in [0.2, 0.25) is 0 Å². The lowest BCUT2D eigenvalue weighted by Crippen LogP contribution is -2.69. The smallest absolute Gasteiger partial charge is 0.151 e. The van der Waals surface area contributed by atoms with Gasteiger partial charge in [0.15, 0.2) is 5.78 Å². The molecule has 5 aliphatic carbocycles. The summed E-state index contributed by atoms with van der Waals surface area (Å²) in [5.41, 5.74) is -1.16. The first-order chi connectivity index (χ1) is 23.5. The normalized spacial score (nSPS) is 37.2. The third kappa shape index (κ3) is 9.92. The average Bonchev–Trinajstić information content (AvgIpc) is 3.14. The van der Waals surface area contributed by atoms with Gasteiger partial charge in [0, 0.05) is 0 Å². The van der Waals surface area contributed by atoms with E-state index in [4.69, 9.17) is 0 Å². The lowest BCUT2D eigenvalue weighted by molar-refractivity contribution is -0.194. The van der Waals surface area contributed by atoms with Gasteiger partial charge in [0.05, 0.1) is 10.8 Å². The van der Waals surface area contributed by atoms with Crippen molar-refractivity contribution in [3.63, 3.8) is 0 Å². The first-order valence-electron chi connectivity index (χ1n) is 22.7. The summed E-state index contributed by atoms with van der Waals surface area (Å²) in [7, 11) is 0. The number of Topliss-reactive ketones (excluding diaryl/α,β-unsaturated/α-hetero) is 1. The Hall–Kier alpha value is -0.400. The highest BCUT2D eigenvalue weighted by Crippen LogP contribution is 2.66. The summed E-state index contributed by atoms with van der Waals surface area (Å²) in [5, 5.41) is 0. The van der Waals surface area contributed by atoms with Gasteiger partial charge < -0.3 is 0 Å². The molecule has 2 heteroatoms. The Balaban J connectivity index is 0.929. The first kappa shape index (κ1) is 38.8. The van der Waals surface area contributed by atoms with Crippen molar-refractivity contribution in [3.05, 3.63) is 0 Å². The van der Waals surface area contributed by atoms with Gasteiger partial charge in [-0.3, -0.25) is 4.79 Å². The Morgan fingerprint density at radius 2 is 0.729 bits per heavy atom. The van der Waals surface area contributed by atoms with E-state index in [1.165, 1.54) is 167 Å². The molecule has 0 unspecified atom stereocenters. The maximum atomic E-state index is 16.4. The third-order valence-corrected chi connectivity index (χ3v) is 15.8. The largest absolute Gasteiger partial charge is 0.298 e. The number of hydrogen-bond donors (Lipinski definition) is 0. The molecule has 0 aromatic carbocycles. The molecule has 48 heavy (non-hydrogen) atoms. The van der Waals surface area contributed by atoms with E-state index < -0.39 is 17.0 Å². The maximum absolute atomic E-state index is 16.4. The summed E-state index contributed by atoms with van der Waals surface area (Å²) < 4.78 is 16.4. The van der Waals surface area contributed by atoms with E-state index >= 15 is 4.39 Å². The molecule has 0 aromatic rings. The fourth-order valence-electron chi connectivity index (χ4n) is 12.4. The van der Waals surface area contributed by atoms with E-state index in [1.807, 2.05) is 0 Å². The molecule has 0 radical (unpaired) electrons. The van der Waals surface area contributed by atoms with Gasteiger partial charge in [-0.1, -0.05) is 155 Å². The molecular weight excluding hydrogens is 588 g/mol. The average molecular weight is 669 g/mol. The number of unbranched alkanes of at least 4 members (excludes halogenated alkanes) is 14. The Morgan fingerprint density at radius 1 is 0.438 bits per heavy atom. The van der Waals surface area contributed by atoms with E-state index in [0.29, 0.717) is 5.78 Å². The molecule has 278 valence electrons.